The van der Waals surface area contributed by atoms with Gasteiger partial charge in [0.05, 0.1) is 23.3 Å². The van der Waals surface area contributed by atoms with Crippen LogP contribution in [0.25, 0.3) is 27.9 Å². The summed E-state index contributed by atoms with van der Waals surface area (Å²) in [7, 11) is 0. The Balaban J connectivity index is 1.43. The van der Waals surface area contributed by atoms with Crippen molar-refractivity contribution in [3.05, 3.63) is 41.3 Å². The molecule has 2 unspecified atom stereocenters. The molecule has 8 heteroatoms. The Hall–Kier alpha value is -2.97. The first-order valence-electron chi connectivity index (χ1n) is 12.7. The Morgan fingerprint density at radius 2 is 1.97 bits per heavy atom. The van der Waals surface area contributed by atoms with Gasteiger partial charge in [-0.15, -0.1) is 0 Å². The largest absolute Gasteiger partial charge is 0.380 e. The van der Waals surface area contributed by atoms with Gasteiger partial charge in [-0.25, -0.2) is 14.5 Å². The third-order valence-corrected chi connectivity index (χ3v) is 7.20. The summed E-state index contributed by atoms with van der Waals surface area (Å²) >= 11 is 0. The zero-order valence-electron chi connectivity index (χ0n) is 21.6. The molecule has 0 saturated carbocycles. The Kier molecular flexibility index (Phi) is 6.51. The number of pyridine rings is 2. The highest BCUT2D eigenvalue weighted by Crippen LogP contribution is 2.37. The SMILES string of the molecule is Cc1c(-c2[nH]c3ccc(N[C@H](C)CC(C)NC4CCOC4)nc3c2C(C)C)cn2ncnc2c1C. The van der Waals surface area contributed by atoms with Gasteiger partial charge in [-0.1, -0.05) is 13.8 Å². The lowest BCUT2D eigenvalue weighted by Crippen LogP contribution is -2.39. The van der Waals surface area contributed by atoms with Crippen molar-refractivity contribution in [1.29, 1.82) is 0 Å². The van der Waals surface area contributed by atoms with E-state index in [1.54, 1.807) is 6.33 Å². The fourth-order valence-corrected chi connectivity index (χ4v) is 5.37. The standard InChI is InChI=1S/C27H37N7O/c1-15(2)24-25(21-12-34-27(28-14-29-34)19(6)18(21)5)32-22-7-8-23(33-26(22)24)31-17(4)11-16(3)30-20-9-10-35-13-20/h7-8,12,14-17,20,30,32H,9-11,13H2,1-6H3,(H,31,33)/t16?,17-,20?/m1/s1. The van der Waals surface area contributed by atoms with Crippen LogP contribution in [-0.4, -0.2) is 55.9 Å². The van der Waals surface area contributed by atoms with Crippen molar-refractivity contribution >= 4 is 22.5 Å². The molecule has 0 radical (unpaired) electrons. The maximum Gasteiger partial charge on any atom is 0.158 e. The first-order chi connectivity index (χ1) is 16.8. The third-order valence-electron chi connectivity index (χ3n) is 7.20. The van der Waals surface area contributed by atoms with Crippen LogP contribution in [0.5, 0.6) is 0 Å². The van der Waals surface area contributed by atoms with Gasteiger partial charge < -0.3 is 20.4 Å². The molecule has 3 N–H and O–H groups in total. The Morgan fingerprint density at radius 1 is 1.14 bits per heavy atom. The van der Waals surface area contributed by atoms with Crippen molar-refractivity contribution < 1.29 is 4.74 Å². The van der Waals surface area contributed by atoms with Gasteiger partial charge in [0.15, 0.2) is 5.65 Å². The molecule has 3 atom stereocenters. The molecular weight excluding hydrogens is 438 g/mol. The smallest absolute Gasteiger partial charge is 0.158 e. The zero-order chi connectivity index (χ0) is 24.7. The molecule has 0 bridgehead atoms. The number of hydrogen-bond donors (Lipinski definition) is 3. The minimum absolute atomic E-state index is 0.297. The second-order valence-corrected chi connectivity index (χ2v) is 10.4. The normalized spacial score (nSPS) is 18.1. The van der Waals surface area contributed by atoms with E-state index < -0.39 is 0 Å². The summed E-state index contributed by atoms with van der Waals surface area (Å²) in [6, 6.07) is 5.40. The molecule has 0 amide bonds. The van der Waals surface area contributed by atoms with Crippen LogP contribution < -0.4 is 10.6 Å². The van der Waals surface area contributed by atoms with E-state index in [0.29, 0.717) is 24.0 Å². The summed E-state index contributed by atoms with van der Waals surface area (Å²) in [6.07, 6.45) is 5.80. The van der Waals surface area contributed by atoms with E-state index in [1.807, 2.05) is 4.52 Å². The average Bonchev–Trinajstić information content (AvgIpc) is 3.55. The van der Waals surface area contributed by atoms with Gasteiger partial charge >= 0.3 is 0 Å². The topological polar surface area (TPSA) is 92.2 Å². The van der Waals surface area contributed by atoms with Crippen LogP contribution in [0.3, 0.4) is 0 Å². The molecule has 4 aromatic heterocycles. The molecule has 8 nitrogen and oxygen atoms in total. The molecule has 0 aromatic carbocycles. The summed E-state index contributed by atoms with van der Waals surface area (Å²) in [5.41, 5.74) is 8.81. The van der Waals surface area contributed by atoms with Gasteiger partial charge in [-0.3, -0.25) is 0 Å². The predicted molar refractivity (Wildman–Crippen MR) is 141 cm³/mol. The highest BCUT2D eigenvalue weighted by molar-refractivity contribution is 5.90. The third kappa shape index (κ3) is 4.65. The van der Waals surface area contributed by atoms with Gasteiger partial charge in [0, 0.05) is 42.1 Å². The van der Waals surface area contributed by atoms with Crippen LogP contribution in [0, 0.1) is 13.8 Å². The summed E-state index contributed by atoms with van der Waals surface area (Å²) in [4.78, 5) is 13.2. The Morgan fingerprint density at radius 3 is 2.71 bits per heavy atom. The fraction of sp³-hybridized carbons (Fsp3) is 0.519. The van der Waals surface area contributed by atoms with Gasteiger partial charge in [0.1, 0.15) is 12.1 Å². The molecule has 35 heavy (non-hydrogen) atoms. The summed E-state index contributed by atoms with van der Waals surface area (Å²) in [5.74, 6) is 1.22. The summed E-state index contributed by atoms with van der Waals surface area (Å²) < 4.78 is 7.36. The maximum absolute atomic E-state index is 5.50. The Labute approximate surface area is 206 Å². The molecular formula is C27H37N7O. The molecule has 1 aliphatic heterocycles. The molecule has 4 aromatic rings. The minimum atomic E-state index is 0.297. The van der Waals surface area contributed by atoms with Crippen molar-refractivity contribution in [3.8, 4) is 11.3 Å². The van der Waals surface area contributed by atoms with Crippen LogP contribution in [0.1, 0.15) is 63.1 Å². The number of aryl methyl sites for hydroxylation is 1. The quantitative estimate of drug-likeness (QED) is 0.333. The molecule has 1 fully saturated rings. The maximum atomic E-state index is 5.50. The van der Waals surface area contributed by atoms with E-state index in [9.17, 15) is 0 Å². The lowest BCUT2D eigenvalue weighted by Gasteiger charge is -2.22. The lowest BCUT2D eigenvalue weighted by molar-refractivity contribution is 0.188. The first-order valence-corrected chi connectivity index (χ1v) is 12.7. The van der Waals surface area contributed by atoms with Crippen LogP contribution >= 0.6 is 0 Å². The van der Waals surface area contributed by atoms with Crippen LogP contribution in [-0.2, 0) is 4.74 Å². The predicted octanol–water partition coefficient (Wildman–Crippen LogP) is 4.97. The average molecular weight is 476 g/mol. The number of anilines is 1. The highest BCUT2D eigenvalue weighted by atomic mass is 16.5. The number of H-pyrrole nitrogens is 1. The minimum Gasteiger partial charge on any atom is -0.380 e. The van der Waals surface area contributed by atoms with Gasteiger partial charge in [-0.05, 0) is 69.7 Å². The van der Waals surface area contributed by atoms with Crippen molar-refractivity contribution in [2.45, 2.75) is 78.4 Å². The summed E-state index contributed by atoms with van der Waals surface area (Å²) in [6.45, 7) is 14.9. The van der Waals surface area contributed by atoms with Crippen LogP contribution in [0.15, 0.2) is 24.7 Å². The molecule has 0 spiro atoms. The van der Waals surface area contributed by atoms with Gasteiger partial charge in [0.25, 0.3) is 0 Å². The van der Waals surface area contributed by atoms with Gasteiger partial charge in [-0.2, -0.15) is 5.10 Å². The Bertz CT molecular complexity index is 1330. The molecule has 0 aliphatic carbocycles. The van der Waals surface area contributed by atoms with E-state index in [0.717, 1.165) is 65.4 Å². The zero-order valence-corrected chi connectivity index (χ0v) is 21.6. The van der Waals surface area contributed by atoms with E-state index in [1.165, 1.54) is 11.1 Å². The molecule has 1 aliphatic rings. The number of nitrogens with zero attached hydrogens (tertiary/aromatic N) is 4. The number of hydrogen-bond acceptors (Lipinski definition) is 6. The first kappa shape index (κ1) is 23.8. The fourth-order valence-electron chi connectivity index (χ4n) is 5.37. The summed E-state index contributed by atoms with van der Waals surface area (Å²) in [5, 5.41) is 11.7. The van der Waals surface area contributed by atoms with Crippen LogP contribution in [0.4, 0.5) is 5.82 Å². The molecule has 1 saturated heterocycles. The second-order valence-electron chi connectivity index (χ2n) is 10.4. The number of aromatic nitrogens is 5. The van der Waals surface area contributed by atoms with Crippen molar-refractivity contribution in [1.82, 2.24) is 29.9 Å². The van der Waals surface area contributed by atoms with E-state index >= 15 is 0 Å². The number of aromatic amines is 1. The van der Waals surface area contributed by atoms with Gasteiger partial charge in [0.2, 0.25) is 0 Å². The number of nitrogens with one attached hydrogen (secondary N) is 3. The van der Waals surface area contributed by atoms with Crippen LogP contribution in [0.2, 0.25) is 0 Å². The number of ether oxygens (including phenoxy) is 1. The highest BCUT2D eigenvalue weighted by Gasteiger charge is 2.22. The monoisotopic (exact) mass is 475 g/mol. The van der Waals surface area contributed by atoms with E-state index in [-0.39, 0.29) is 0 Å². The van der Waals surface area contributed by atoms with Crippen molar-refractivity contribution in [2.24, 2.45) is 0 Å². The number of fused-ring (bicyclic) bond motifs is 2. The molecule has 186 valence electrons. The number of rotatable bonds is 8. The molecule has 5 rings (SSSR count). The second kappa shape index (κ2) is 9.59. The van der Waals surface area contributed by atoms with Crippen molar-refractivity contribution in [2.75, 3.05) is 18.5 Å². The lowest BCUT2D eigenvalue weighted by atomic mass is 9.95. The molecule has 5 heterocycles. The van der Waals surface area contributed by atoms with E-state index in [4.69, 9.17) is 9.72 Å². The van der Waals surface area contributed by atoms with Crippen molar-refractivity contribution in [3.63, 3.8) is 0 Å². The van der Waals surface area contributed by atoms with E-state index in [2.05, 4.69) is 85.6 Å².